The molecule has 1 heteroatoms. The van der Waals surface area contributed by atoms with Gasteiger partial charge < -0.3 is 0 Å². The van der Waals surface area contributed by atoms with Crippen molar-refractivity contribution in [2.24, 2.45) is 10.9 Å². The van der Waals surface area contributed by atoms with E-state index in [2.05, 4.69) is 24.1 Å². The van der Waals surface area contributed by atoms with Crippen LogP contribution < -0.4 is 0 Å². The maximum Gasteiger partial charge on any atom is 0.0489 e. The highest BCUT2D eigenvalue weighted by Crippen LogP contribution is 2.29. The number of nitrogens with zero attached hydrogens (tertiary/aromatic N) is 1. The quantitative estimate of drug-likeness (QED) is 0.505. The van der Waals surface area contributed by atoms with Gasteiger partial charge in [-0.15, -0.1) is 0 Å². The Kier molecular flexibility index (Phi) is 1.65. The van der Waals surface area contributed by atoms with Crippen LogP contribution in [0, 0.1) is 5.92 Å². The molecule has 1 aliphatic carbocycles. The Morgan fingerprint density at radius 2 is 2.36 bits per heavy atom. The van der Waals surface area contributed by atoms with Crippen LogP contribution in [0.4, 0.5) is 0 Å². The summed E-state index contributed by atoms with van der Waals surface area (Å²) in [5.41, 5.74) is 2.91. The first kappa shape index (κ1) is 6.84. The first-order chi connectivity index (χ1) is 5.36. The molecule has 0 bridgehead atoms. The summed E-state index contributed by atoms with van der Waals surface area (Å²) in [6, 6.07) is 0. The van der Waals surface area contributed by atoms with E-state index < -0.39 is 0 Å². The van der Waals surface area contributed by atoms with Gasteiger partial charge in [-0.1, -0.05) is 17.7 Å². The van der Waals surface area contributed by atoms with Crippen LogP contribution in [0.3, 0.4) is 0 Å². The van der Waals surface area contributed by atoms with E-state index in [1.54, 1.807) is 5.57 Å². The Morgan fingerprint density at radius 3 is 2.91 bits per heavy atom. The summed E-state index contributed by atoms with van der Waals surface area (Å²) < 4.78 is 0. The van der Waals surface area contributed by atoms with E-state index in [1.807, 2.05) is 6.21 Å². The molecule has 1 heterocycles. The molecule has 0 amide bonds. The van der Waals surface area contributed by atoms with Crippen molar-refractivity contribution in [3.63, 3.8) is 0 Å². The molecule has 11 heavy (non-hydrogen) atoms. The number of hydrogen-bond acceptors (Lipinski definition) is 1. The summed E-state index contributed by atoms with van der Waals surface area (Å²) in [6.45, 7) is 3.10. The molecule has 0 aromatic rings. The maximum atomic E-state index is 4.31. The van der Waals surface area contributed by atoms with Gasteiger partial charge in [0.2, 0.25) is 0 Å². The summed E-state index contributed by atoms with van der Waals surface area (Å²) in [5, 5.41) is 0. The predicted octanol–water partition coefficient (Wildman–Crippen LogP) is 2.35. The molecule has 0 radical (unpaired) electrons. The number of rotatable bonds is 1. The monoisotopic (exact) mass is 147 g/mol. The number of aliphatic imine (C=N–C) groups is 1. The Morgan fingerprint density at radius 1 is 1.55 bits per heavy atom. The average molecular weight is 147 g/mol. The Bertz CT molecular complexity index is 246. The predicted molar refractivity (Wildman–Crippen MR) is 47.9 cm³/mol. The molecule has 58 valence electrons. The zero-order valence-electron chi connectivity index (χ0n) is 6.88. The summed E-state index contributed by atoms with van der Waals surface area (Å²) in [4.78, 5) is 4.31. The lowest BCUT2D eigenvalue weighted by Crippen LogP contribution is -2.13. The van der Waals surface area contributed by atoms with E-state index in [-0.39, 0.29) is 0 Å². The largest absolute Gasteiger partial charge is 0.292 e. The molecule has 2 rings (SSSR count). The Balaban J connectivity index is 2.11. The molecular formula is C10H13N. The smallest absolute Gasteiger partial charge is 0.0489 e. The van der Waals surface area contributed by atoms with Crippen LogP contribution in [0.15, 0.2) is 28.3 Å². The second-order valence-corrected chi connectivity index (χ2v) is 3.33. The number of allylic oxidation sites excluding steroid dienone is 2. The summed E-state index contributed by atoms with van der Waals surface area (Å²) in [7, 11) is 0. The molecule has 1 aliphatic heterocycles. The molecule has 1 nitrogen and oxygen atoms in total. The first-order valence-electron chi connectivity index (χ1n) is 4.23. The van der Waals surface area contributed by atoms with Gasteiger partial charge in [0, 0.05) is 18.7 Å². The van der Waals surface area contributed by atoms with Gasteiger partial charge >= 0.3 is 0 Å². The molecule has 0 fully saturated rings. The van der Waals surface area contributed by atoms with Crippen molar-refractivity contribution in [1.82, 2.24) is 0 Å². The molecule has 0 aromatic heterocycles. The minimum Gasteiger partial charge on any atom is -0.292 e. The van der Waals surface area contributed by atoms with E-state index >= 15 is 0 Å². The summed E-state index contributed by atoms with van der Waals surface area (Å²) in [5.74, 6) is 0.633. The Hall–Kier alpha value is -0.850. The van der Waals surface area contributed by atoms with Crippen molar-refractivity contribution in [1.29, 1.82) is 0 Å². The van der Waals surface area contributed by atoms with Crippen molar-refractivity contribution < 1.29 is 0 Å². The average Bonchev–Trinajstić information content (AvgIpc) is 1.83. The molecule has 0 saturated carbocycles. The molecule has 1 atom stereocenters. The second kappa shape index (κ2) is 2.65. The van der Waals surface area contributed by atoms with Crippen LogP contribution in [0.2, 0.25) is 0 Å². The molecular weight excluding hydrogens is 134 g/mol. The van der Waals surface area contributed by atoms with Gasteiger partial charge in [0.25, 0.3) is 0 Å². The van der Waals surface area contributed by atoms with Crippen molar-refractivity contribution in [3.05, 3.63) is 23.3 Å². The van der Waals surface area contributed by atoms with E-state index in [1.165, 1.54) is 18.4 Å². The van der Waals surface area contributed by atoms with Crippen LogP contribution in [0.1, 0.15) is 19.8 Å². The third-order valence-electron chi connectivity index (χ3n) is 2.38. The first-order valence-corrected chi connectivity index (χ1v) is 4.23. The van der Waals surface area contributed by atoms with Crippen LogP contribution >= 0.6 is 0 Å². The molecule has 2 aliphatic rings. The third-order valence-corrected chi connectivity index (χ3v) is 2.38. The van der Waals surface area contributed by atoms with E-state index in [4.69, 9.17) is 0 Å². The normalized spacial score (nSPS) is 29.0. The minimum absolute atomic E-state index is 0.633. The molecule has 0 spiro atoms. The maximum absolute atomic E-state index is 4.31. The van der Waals surface area contributed by atoms with Gasteiger partial charge in [-0.05, 0) is 25.3 Å². The molecule has 1 unspecified atom stereocenters. The van der Waals surface area contributed by atoms with Gasteiger partial charge in [0.1, 0.15) is 0 Å². The van der Waals surface area contributed by atoms with E-state index in [0.717, 1.165) is 6.54 Å². The fourth-order valence-corrected chi connectivity index (χ4v) is 1.60. The zero-order valence-corrected chi connectivity index (χ0v) is 6.88. The summed E-state index contributed by atoms with van der Waals surface area (Å²) in [6.07, 6.45) is 9.22. The molecule has 0 saturated heterocycles. The van der Waals surface area contributed by atoms with Crippen LogP contribution in [0.25, 0.3) is 0 Å². The lowest BCUT2D eigenvalue weighted by molar-refractivity contribution is 0.668. The van der Waals surface area contributed by atoms with Crippen molar-refractivity contribution >= 4 is 6.21 Å². The fraction of sp³-hybridized carbons (Fsp3) is 0.500. The highest BCUT2D eigenvalue weighted by Gasteiger charge is 2.17. The zero-order chi connectivity index (χ0) is 7.68. The lowest BCUT2D eigenvalue weighted by Gasteiger charge is -2.23. The van der Waals surface area contributed by atoms with Gasteiger partial charge in [0.15, 0.2) is 0 Å². The second-order valence-electron chi connectivity index (χ2n) is 3.33. The highest BCUT2D eigenvalue weighted by molar-refractivity contribution is 5.78. The number of hydrogen-bond donors (Lipinski definition) is 0. The fourth-order valence-electron chi connectivity index (χ4n) is 1.60. The van der Waals surface area contributed by atoms with Crippen LogP contribution in [-0.2, 0) is 0 Å². The molecule has 0 aromatic carbocycles. The SMILES string of the molecule is CC1=CC(C2=CCC2)CN=C1. The van der Waals surface area contributed by atoms with Gasteiger partial charge in [-0.25, -0.2) is 0 Å². The van der Waals surface area contributed by atoms with Gasteiger partial charge in [-0.3, -0.25) is 4.99 Å². The third kappa shape index (κ3) is 1.28. The Labute approximate surface area is 67.5 Å². The van der Waals surface area contributed by atoms with E-state index in [0.29, 0.717) is 5.92 Å². The van der Waals surface area contributed by atoms with Crippen molar-refractivity contribution in [2.75, 3.05) is 6.54 Å². The van der Waals surface area contributed by atoms with Crippen LogP contribution in [0.5, 0.6) is 0 Å². The van der Waals surface area contributed by atoms with Crippen molar-refractivity contribution in [2.45, 2.75) is 19.8 Å². The lowest BCUT2D eigenvalue weighted by atomic mass is 9.85. The van der Waals surface area contributed by atoms with Gasteiger partial charge in [-0.2, -0.15) is 0 Å². The van der Waals surface area contributed by atoms with Crippen molar-refractivity contribution in [3.8, 4) is 0 Å². The topological polar surface area (TPSA) is 12.4 Å². The highest BCUT2D eigenvalue weighted by atomic mass is 14.7. The van der Waals surface area contributed by atoms with Gasteiger partial charge in [0.05, 0.1) is 0 Å². The number of dihydropyridines is 1. The minimum atomic E-state index is 0.633. The summed E-state index contributed by atoms with van der Waals surface area (Å²) >= 11 is 0. The van der Waals surface area contributed by atoms with E-state index in [9.17, 15) is 0 Å². The van der Waals surface area contributed by atoms with Crippen LogP contribution in [-0.4, -0.2) is 12.8 Å². The standard InChI is InChI=1S/C10H13N/c1-8-5-10(7-11-6-8)9-3-2-4-9/h3,5-6,10H,2,4,7H2,1H3. The molecule has 0 N–H and O–H groups in total.